The summed E-state index contributed by atoms with van der Waals surface area (Å²) in [5.41, 5.74) is 1.99. The van der Waals surface area contributed by atoms with Crippen molar-refractivity contribution < 1.29 is 27.9 Å². The van der Waals surface area contributed by atoms with E-state index in [1.165, 1.54) is 4.31 Å². The monoisotopic (exact) mass is 630 g/mol. The number of carbonyl (C=O) groups is 2. The molecule has 8 nitrogen and oxygen atoms in total. The number of carboxylic acid groups (broad SMARTS) is 1. The minimum atomic E-state index is -3.58. The Kier molecular flexibility index (Phi) is 9.13. The van der Waals surface area contributed by atoms with Gasteiger partial charge in [0.05, 0.1) is 23.4 Å². The van der Waals surface area contributed by atoms with Crippen LogP contribution in [0.1, 0.15) is 55.9 Å². The maximum atomic E-state index is 14.0. The lowest BCUT2D eigenvalue weighted by atomic mass is 9.89. The Morgan fingerprint density at radius 1 is 1.00 bits per heavy atom. The Hall–Kier alpha value is -3.11. The van der Waals surface area contributed by atoms with Crippen LogP contribution in [0.25, 0.3) is 0 Å². The van der Waals surface area contributed by atoms with Crippen LogP contribution in [0.4, 0.5) is 5.69 Å². The fourth-order valence-electron chi connectivity index (χ4n) is 5.47. The summed E-state index contributed by atoms with van der Waals surface area (Å²) in [5.74, 6) is -1.64. The van der Waals surface area contributed by atoms with Gasteiger partial charge in [0.2, 0.25) is 10.0 Å². The molecule has 0 spiro atoms. The van der Waals surface area contributed by atoms with Gasteiger partial charge < -0.3 is 14.7 Å². The largest absolute Gasteiger partial charge is 0.481 e. The zero-order chi connectivity index (χ0) is 30.0. The zero-order valence-electron chi connectivity index (χ0n) is 23.0. The third kappa shape index (κ3) is 6.59. The first-order valence-corrected chi connectivity index (χ1v) is 16.1. The molecule has 2 aliphatic rings. The zero-order valence-corrected chi connectivity index (χ0v) is 25.3. The molecule has 222 valence electrons. The van der Waals surface area contributed by atoms with Gasteiger partial charge in [-0.15, -0.1) is 0 Å². The van der Waals surface area contributed by atoms with Gasteiger partial charge in [0.15, 0.2) is 0 Å². The number of rotatable bonds is 11. The molecule has 0 unspecified atom stereocenters. The third-order valence-electron chi connectivity index (χ3n) is 7.70. The summed E-state index contributed by atoms with van der Waals surface area (Å²) in [4.78, 5) is 27.4. The molecule has 1 heterocycles. The highest BCUT2D eigenvalue weighted by Crippen LogP contribution is 2.45. The molecule has 0 radical (unpaired) electrons. The number of halogens is 2. The SMILES string of the molecule is C[C@@H](CCN(c1ccccc1)S(=O)(=O)C1CC1)N1C(=O)[C@H](CC(=O)O)O[C@H](c2cccc(Cl)c2)[C@H]1c1ccc(Cl)cc1. The van der Waals surface area contributed by atoms with Crippen molar-refractivity contribution in [2.24, 2.45) is 0 Å². The molecular weight excluding hydrogens is 599 g/mol. The van der Waals surface area contributed by atoms with Gasteiger partial charge in [-0.3, -0.25) is 13.9 Å². The van der Waals surface area contributed by atoms with Crippen LogP contribution in [0.15, 0.2) is 78.9 Å². The number of para-hydroxylation sites is 1. The summed E-state index contributed by atoms with van der Waals surface area (Å²) in [5, 5.41) is 10.2. The van der Waals surface area contributed by atoms with Crippen molar-refractivity contribution in [3.05, 3.63) is 100 Å². The maximum absolute atomic E-state index is 14.0. The summed E-state index contributed by atoms with van der Waals surface area (Å²) < 4.78 is 34.6. The molecule has 1 N–H and O–H groups in total. The van der Waals surface area contributed by atoms with Crippen LogP contribution in [0.2, 0.25) is 10.0 Å². The van der Waals surface area contributed by atoms with Crippen LogP contribution in [0.3, 0.4) is 0 Å². The number of carboxylic acids is 1. The maximum Gasteiger partial charge on any atom is 0.306 e. The number of anilines is 1. The normalized spacial score (nSPS) is 21.6. The minimum absolute atomic E-state index is 0.146. The topological polar surface area (TPSA) is 104 Å². The summed E-state index contributed by atoms with van der Waals surface area (Å²) in [7, 11) is -3.58. The van der Waals surface area contributed by atoms with E-state index >= 15 is 0 Å². The average Bonchev–Trinajstić information content (AvgIpc) is 3.81. The fourth-order valence-corrected chi connectivity index (χ4v) is 7.66. The first kappa shape index (κ1) is 30.4. The van der Waals surface area contributed by atoms with E-state index in [2.05, 4.69) is 0 Å². The molecule has 1 saturated heterocycles. The quantitative estimate of drug-likeness (QED) is 0.268. The van der Waals surface area contributed by atoms with Crippen LogP contribution < -0.4 is 4.31 Å². The number of carbonyl (C=O) groups excluding carboxylic acids is 1. The van der Waals surface area contributed by atoms with E-state index in [-0.39, 0.29) is 6.54 Å². The molecule has 0 bridgehead atoms. The third-order valence-corrected chi connectivity index (χ3v) is 10.5. The number of hydrogen-bond acceptors (Lipinski definition) is 5. The van der Waals surface area contributed by atoms with Gasteiger partial charge >= 0.3 is 5.97 Å². The van der Waals surface area contributed by atoms with E-state index in [0.717, 1.165) is 5.56 Å². The van der Waals surface area contributed by atoms with E-state index in [4.69, 9.17) is 27.9 Å². The van der Waals surface area contributed by atoms with Crippen molar-refractivity contribution in [2.75, 3.05) is 10.8 Å². The minimum Gasteiger partial charge on any atom is -0.481 e. The lowest BCUT2D eigenvalue weighted by Gasteiger charge is -2.47. The molecule has 5 rings (SSSR count). The molecule has 3 aromatic carbocycles. The van der Waals surface area contributed by atoms with Crippen LogP contribution in [0, 0.1) is 0 Å². The fraction of sp³-hybridized carbons (Fsp3) is 0.355. The van der Waals surface area contributed by atoms with Crippen molar-refractivity contribution in [3.8, 4) is 0 Å². The summed E-state index contributed by atoms with van der Waals surface area (Å²) in [6.45, 7) is 2.00. The molecule has 1 saturated carbocycles. The van der Waals surface area contributed by atoms with Gasteiger partial charge in [0.1, 0.15) is 12.2 Å². The van der Waals surface area contributed by atoms with E-state index in [0.29, 0.717) is 40.6 Å². The predicted octanol–water partition coefficient (Wildman–Crippen LogP) is 6.26. The Morgan fingerprint density at radius 2 is 1.69 bits per heavy atom. The number of ether oxygens (including phenoxy) is 1. The van der Waals surface area contributed by atoms with E-state index in [1.54, 1.807) is 59.5 Å². The molecule has 1 amide bonds. The highest BCUT2D eigenvalue weighted by Gasteiger charge is 2.47. The predicted molar refractivity (Wildman–Crippen MR) is 162 cm³/mol. The second kappa shape index (κ2) is 12.6. The first-order valence-electron chi connectivity index (χ1n) is 13.8. The number of sulfonamides is 1. The molecule has 11 heteroatoms. The number of amides is 1. The average molecular weight is 632 g/mol. The molecular formula is C31H32Cl2N2O6S. The van der Waals surface area contributed by atoms with Gasteiger partial charge in [-0.2, -0.15) is 0 Å². The molecule has 0 aromatic heterocycles. The summed E-state index contributed by atoms with van der Waals surface area (Å²) in [6, 6.07) is 21.9. The standard InChI is InChI=1S/C31H32Cl2N2O6S/c1-20(16-17-34(25-8-3-2-4-9-25)42(39,40)26-14-15-26)35-29(21-10-12-23(32)13-11-21)30(22-6-5-7-24(33)18-22)41-27(31(35)38)19-28(36)37/h2-13,18,20,26-27,29-30H,14-17,19H2,1H3,(H,36,37)/t20-,27-,29+,30+/m0/s1. The lowest BCUT2D eigenvalue weighted by molar-refractivity contribution is -0.182. The van der Waals surface area contributed by atoms with Crippen LogP contribution in [-0.4, -0.2) is 54.2 Å². The van der Waals surface area contributed by atoms with Crippen molar-refractivity contribution in [1.29, 1.82) is 0 Å². The molecule has 4 atom stereocenters. The molecule has 2 fully saturated rings. The highest BCUT2D eigenvalue weighted by molar-refractivity contribution is 7.93. The number of benzene rings is 3. The van der Waals surface area contributed by atoms with Gasteiger partial charge in [0.25, 0.3) is 5.91 Å². The van der Waals surface area contributed by atoms with Gasteiger partial charge in [-0.05, 0) is 73.7 Å². The van der Waals surface area contributed by atoms with E-state index in [1.807, 2.05) is 31.2 Å². The lowest BCUT2D eigenvalue weighted by Crippen LogP contribution is -2.55. The number of morpholine rings is 1. The summed E-state index contributed by atoms with van der Waals surface area (Å²) in [6.07, 6.45) is -0.940. The number of aliphatic carboxylic acids is 1. The Morgan fingerprint density at radius 3 is 2.31 bits per heavy atom. The van der Waals surface area contributed by atoms with Crippen molar-refractivity contribution in [2.45, 2.75) is 62.1 Å². The first-order chi connectivity index (χ1) is 20.1. The van der Waals surface area contributed by atoms with E-state index in [9.17, 15) is 23.1 Å². The van der Waals surface area contributed by atoms with Crippen molar-refractivity contribution in [3.63, 3.8) is 0 Å². The Balaban J connectivity index is 1.53. The van der Waals surface area contributed by atoms with Crippen LogP contribution in [0.5, 0.6) is 0 Å². The van der Waals surface area contributed by atoms with Gasteiger partial charge in [-0.1, -0.05) is 65.7 Å². The van der Waals surface area contributed by atoms with Crippen LogP contribution >= 0.6 is 23.2 Å². The number of nitrogens with zero attached hydrogens (tertiary/aromatic N) is 2. The molecule has 1 aliphatic heterocycles. The van der Waals surface area contributed by atoms with Gasteiger partial charge in [0, 0.05) is 22.6 Å². The van der Waals surface area contributed by atoms with Crippen LogP contribution in [-0.2, 0) is 24.3 Å². The van der Waals surface area contributed by atoms with Crippen molar-refractivity contribution in [1.82, 2.24) is 4.90 Å². The smallest absolute Gasteiger partial charge is 0.306 e. The molecule has 42 heavy (non-hydrogen) atoms. The van der Waals surface area contributed by atoms with Crippen molar-refractivity contribution >= 4 is 50.8 Å². The van der Waals surface area contributed by atoms with E-state index < -0.39 is 57.9 Å². The summed E-state index contributed by atoms with van der Waals surface area (Å²) >= 11 is 12.5. The second-order valence-corrected chi connectivity index (χ2v) is 13.7. The molecule has 1 aliphatic carbocycles. The Labute approximate surface area is 255 Å². The highest BCUT2D eigenvalue weighted by atomic mass is 35.5. The van der Waals surface area contributed by atoms with Gasteiger partial charge in [-0.25, -0.2) is 8.42 Å². The Bertz CT molecular complexity index is 1530. The number of hydrogen-bond donors (Lipinski definition) is 1. The molecule has 3 aromatic rings. The second-order valence-electron chi connectivity index (χ2n) is 10.7.